The highest BCUT2D eigenvalue weighted by atomic mass is 16.3. The molecule has 2 aliphatic carbocycles. The standard InChI is InChI=1S/C17H23NO2/c19-16-5-2-12(3-6-16)7-8-18-17(20)11-15-10-13-1-4-14(15)9-13/h2-3,5-6,13-15,19H,1,4,7-11H2,(H,18,20). The van der Waals surface area contributed by atoms with Gasteiger partial charge in [-0.3, -0.25) is 4.79 Å². The second-order valence-corrected chi connectivity index (χ2v) is 6.41. The molecule has 2 bridgehead atoms. The van der Waals surface area contributed by atoms with Crippen molar-refractivity contribution in [3.63, 3.8) is 0 Å². The van der Waals surface area contributed by atoms with Crippen LogP contribution in [0.4, 0.5) is 0 Å². The van der Waals surface area contributed by atoms with Crippen molar-refractivity contribution in [2.24, 2.45) is 17.8 Å². The van der Waals surface area contributed by atoms with Gasteiger partial charge in [0.15, 0.2) is 0 Å². The van der Waals surface area contributed by atoms with Crippen LogP contribution in [0.25, 0.3) is 0 Å². The summed E-state index contributed by atoms with van der Waals surface area (Å²) in [5, 5.41) is 12.2. The van der Waals surface area contributed by atoms with Crippen molar-refractivity contribution < 1.29 is 9.90 Å². The summed E-state index contributed by atoms with van der Waals surface area (Å²) in [4.78, 5) is 12.0. The van der Waals surface area contributed by atoms with Crippen molar-refractivity contribution in [3.05, 3.63) is 29.8 Å². The van der Waals surface area contributed by atoms with Crippen molar-refractivity contribution in [1.82, 2.24) is 5.32 Å². The first-order chi connectivity index (χ1) is 9.70. The summed E-state index contributed by atoms with van der Waals surface area (Å²) in [6.07, 6.45) is 6.92. The zero-order valence-electron chi connectivity index (χ0n) is 11.8. The van der Waals surface area contributed by atoms with Gasteiger partial charge >= 0.3 is 0 Å². The summed E-state index contributed by atoms with van der Waals surface area (Å²) < 4.78 is 0. The molecule has 3 heteroatoms. The van der Waals surface area contributed by atoms with Crippen molar-refractivity contribution in [2.45, 2.75) is 38.5 Å². The van der Waals surface area contributed by atoms with E-state index < -0.39 is 0 Å². The Morgan fingerprint density at radius 3 is 2.65 bits per heavy atom. The molecule has 0 saturated heterocycles. The van der Waals surface area contributed by atoms with Crippen molar-refractivity contribution in [3.8, 4) is 5.75 Å². The number of hydrogen-bond acceptors (Lipinski definition) is 2. The van der Waals surface area contributed by atoms with Crippen LogP contribution in [0.5, 0.6) is 5.75 Å². The van der Waals surface area contributed by atoms with Crippen molar-refractivity contribution >= 4 is 5.91 Å². The normalized spacial score (nSPS) is 27.7. The van der Waals surface area contributed by atoms with Crippen LogP contribution in [0.1, 0.15) is 37.7 Å². The van der Waals surface area contributed by atoms with Gasteiger partial charge in [0, 0.05) is 13.0 Å². The highest BCUT2D eigenvalue weighted by molar-refractivity contribution is 5.76. The number of benzene rings is 1. The molecule has 1 aromatic carbocycles. The summed E-state index contributed by atoms with van der Waals surface area (Å²) >= 11 is 0. The molecule has 3 atom stereocenters. The van der Waals surface area contributed by atoms with Crippen LogP contribution in [-0.2, 0) is 11.2 Å². The zero-order valence-corrected chi connectivity index (χ0v) is 11.8. The maximum absolute atomic E-state index is 12.0. The smallest absolute Gasteiger partial charge is 0.220 e. The number of nitrogens with one attached hydrogen (secondary N) is 1. The molecule has 3 rings (SSSR count). The third-order valence-electron chi connectivity index (χ3n) is 5.00. The highest BCUT2D eigenvalue weighted by Gasteiger charge is 2.39. The molecular weight excluding hydrogens is 250 g/mol. The lowest BCUT2D eigenvalue weighted by atomic mass is 9.86. The van der Waals surface area contributed by atoms with Crippen molar-refractivity contribution in [2.75, 3.05) is 6.54 Å². The van der Waals surface area contributed by atoms with Gasteiger partial charge in [-0.25, -0.2) is 0 Å². The van der Waals surface area contributed by atoms with Crippen LogP contribution in [-0.4, -0.2) is 17.6 Å². The molecule has 1 aromatic rings. The van der Waals surface area contributed by atoms with E-state index in [1.807, 2.05) is 12.1 Å². The molecule has 3 unspecified atom stereocenters. The van der Waals surface area contributed by atoms with Gasteiger partial charge in [0.2, 0.25) is 5.91 Å². The lowest BCUT2D eigenvalue weighted by molar-refractivity contribution is -0.122. The first-order valence-corrected chi connectivity index (χ1v) is 7.75. The number of rotatable bonds is 5. The average Bonchev–Trinajstić information content (AvgIpc) is 3.03. The number of amides is 1. The average molecular weight is 273 g/mol. The van der Waals surface area contributed by atoms with Gasteiger partial charge < -0.3 is 10.4 Å². The molecule has 20 heavy (non-hydrogen) atoms. The second-order valence-electron chi connectivity index (χ2n) is 6.41. The molecule has 2 N–H and O–H groups in total. The number of phenols is 1. The lowest BCUT2D eigenvalue weighted by Gasteiger charge is -2.20. The van der Waals surface area contributed by atoms with Gasteiger partial charge in [-0.2, -0.15) is 0 Å². The van der Waals surface area contributed by atoms with Gasteiger partial charge in [-0.1, -0.05) is 18.6 Å². The topological polar surface area (TPSA) is 49.3 Å². The van der Waals surface area contributed by atoms with Crippen LogP contribution >= 0.6 is 0 Å². The predicted octanol–water partition coefficient (Wildman–Crippen LogP) is 2.88. The third-order valence-corrected chi connectivity index (χ3v) is 5.00. The van der Waals surface area contributed by atoms with E-state index >= 15 is 0 Å². The summed E-state index contributed by atoms with van der Waals surface area (Å²) in [5.74, 6) is 2.87. The first kappa shape index (κ1) is 13.5. The zero-order chi connectivity index (χ0) is 13.9. The minimum absolute atomic E-state index is 0.210. The van der Waals surface area contributed by atoms with E-state index in [1.165, 1.54) is 25.7 Å². The third kappa shape index (κ3) is 3.14. The molecule has 2 saturated carbocycles. The molecule has 0 spiro atoms. The summed E-state index contributed by atoms with van der Waals surface area (Å²) in [6, 6.07) is 7.17. The monoisotopic (exact) mass is 273 g/mol. The minimum Gasteiger partial charge on any atom is -0.508 e. The number of hydrogen-bond donors (Lipinski definition) is 2. The maximum atomic E-state index is 12.0. The van der Waals surface area contributed by atoms with Crippen LogP contribution in [0.2, 0.25) is 0 Å². The van der Waals surface area contributed by atoms with Gasteiger partial charge in [0.05, 0.1) is 0 Å². The Kier molecular flexibility index (Phi) is 3.95. The molecule has 2 aliphatic rings. The van der Waals surface area contributed by atoms with Crippen LogP contribution in [0.3, 0.4) is 0 Å². The Morgan fingerprint density at radius 2 is 2.00 bits per heavy atom. The van der Waals surface area contributed by atoms with E-state index in [-0.39, 0.29) is 11.7 Å². The Labute approximate surface area is 120 Å². The number of carbonyl (C=O) groups excluding carboxylic acids is 1. The number of aromatic hydroxyl groups is 1. The van der Waals surface area contributed by atoms with E-state index in [1.54, 1.807) is 12.1 Å². The maximum Gasteiger partial charge on any atom is 0.220 e. The fourth-order valence-electron chi connectivity index (χ4n) is 3.95. The highest BCUT2D eigenvalue weighted by Crippen LogP contribution is 2.49. The predicted molar refractivity (Wildman–Crippen MR) is 78.4 cm³/mol. The van der Waals surface area contributed by atoms with Crippen LogP contribution in [0.15, 0.2) is 24.3 Å². The molecule has 0 radical (unpaired) electrons. The molecule has 3 nitrogen and oxygen atoms in total. The Bertz CT molecular complexity index is 468. The van der Waals surface area contributed by atoms with Gasteiger partial charge in [0.1, 0.15) is 5.75 Å². The summed E-state index contributed by atoms with van der Waals surface area (Å²) in [7, 11) is 0. The molecule has 2 fully saturated rings. The molecule has 108 valence electrons. The molecule has 0 aromatic heterocycles. The fraction of sp³-hybridized carbons (Fsp3) is 0.588. The van der Waals surface area contributed by atoms with Gasteiger partial charge in [-0.05, 0) is 61.1 Å². The summed E-state index contributed by atoms with van der Waals surface area (Å²) in [6.45, 7) is 0.685. The second kappa shape index (κ2) is 5.86. The Balaban J connectivity index is 1.38. The molecule has 0 aliphatic heterocycles. The van der Waals surface area contributed by atoms with Crippen molar-refractivity contribution in [1.29, 1.82) is 0 Å². The van der Waals surface area contributed by atoms with E-state index in [0.717, 1.165) is 30.2 Å². The Morgan fingerprint density at radius 1 is 1.20 bits per heavy atom. The number of phenolic OH excluding ortho intramolecular Hbond substituents is 1. The molecule has 1 amide bonds. The number of carbonyl (C=O) groups is 1. The minimum atomic E-state index is 0.210. The first-order valence-electron chi connectivity index (χ1n) is 7.75. The van der Waals surface area contributed by atoms with Crippen LogP contribution in [0, 0.1) is 17.8 Å². The van der Waals surface area contributed by atoms with Gasteiger partial charge in [0.25, 0.3) is 0 Å². The van der Waals surface area contributed by atoms with Gasteiger partial charge in [-0.15, -0.1) is 0 Å². The van der Waals surface area contributed by atoms with E-state index in [9.17, 15) is 9.90 Å². The molecular formula is C17H23NO2. The van der Waals surface area contributed by atoms with E-state index in [4.69, 9.17) is 0 Å². The quantitative estimate of drug-likeness (QED) is 0.866. The fourth-order valence-corrected chi connectivity index (χ4v) is 3.95. The Hall–Kier alpha value is -1.51. The van der Waals surface area contributed by atoms with E-state index in [0.29, 0.717) is 12.5 Å². The summed E-state index contributed by atoms with van der Waals surface area (Å²) in [5.41, 5.74) is 1.14. The van der Waals surface area contributed by atoms with E-state index in [2.05, 4.69) is 5.32 Å². The number of fused-ring (bicyclic) bond motifs is 2. The SMILES string of the molecule is O=C(CC1CC2CCC1C2)NCCc1ccc(O)cc1. The molecule has 0 heterocycles. The largest absolute Gasteiger partial charge is 0.508 e. The van der Waals surface area contributed by atoms with Crippen LogP contribution < -0.4 is 5.32 Å². The lowest BCUT2D eigenvalue weighted by Crippen LogP contribution is -2.28.